The van der Waals surface area contributed by atoms with Gasteiger partial charge in [-0.1, -0.05) is 54.2 Å². The zero-order valence-corrected chi connectivity index (χ0v) is 14.8. The largest absolute Gasteiger partial charge is 0.221 e. The van der Waals surface area contributed by atoms with Crippen molar-refractivity contribution in [3.05, 3.63) is 71.4 Å². The summed E-state index contributed by atoms with van der Waals surface area (Å²) >= 11 is 1.77. The molecule has 0 saturated carbocycles. The highest BCUT2D eigenvalue weighted by Crippen LogP contribution is 2.29. The third-order valence-electron chi connectivity index (χ3n) is 4.97. The van der Waals surface area contributed by atoms with Crippen molar-refractivity contribution < 1.29 is 0 Å². The summed E-state index contributed by atoms with van der Waals surface area (Å²) in [5.74, 6) is 0.879. The van der Waals surface area contributed by atoms with E-state index in [0.717, 1.165) is 27.9 Å². The Kier molecular flexibility index (Phi) is 3.71. The van der Waals surface area contributed by atoms with Crippen LogP contribution in [0, 0.1) is 0 Å². The lowest BCUT2D eigenvalue weighted by atomic mass is 9.90. The molecule has 1 aliphatic carbocycles. The van der Waals surface area contributed by atoms with Crippen LogP contribution in [0.2, 0.25) is 0 Å². The van der Waals surface area contributed by atoms with Crippen molar-refractivity contribution in [3.63, 3.8) is 0 Å². The highest BCUT2D eigenvalue weighted by molar-refractivity contribution is 7.99. The fraction of sp³-hybridized carbons (Fsp3) is 0.238. The SMILES string of the molecule is c1ccc(-c2cn3c(n2)SCC(c2ccc4c(c2)CCCC4)=N3)cc1. The van der Waals surface area contributed by atoms with E-state index < -0.39 is 0 Å². The summed E-state index contributed by atoms with van der Waals surface area (Å²) in [6.07, 6.45) is 7.10. The molecule has 2 heterocycles. The molecule has 5 rings (SSSR count). The van der Waals surface area contributed by atoms with E-state index in [-0.39, 0.29) is 0 Å². The van der Waals surface area contributed by atoms with E-state index in [9.17, 15) is 0 Å². The Hall–Kier alpha value is -2.33. The summed E-state index contributed by atoms with van der Waals surface area (Å²) in [6.45, 7) is 0. The molecule has 0 fully saturated rings. The first-order chi connectivity index (χ1) is 12.4. The lowest BCUT2D eigenvalue weighted by Crippen LogP contribution is -2.14. The molecule has 1 aliphatic heterocycles. The molecule has 0 radical (unpaired) electrons. The molecule has 0 saturated heterocycles. The van der Waals surface area contributed by atoms with Crippen LogP contribution >= 0.6 is 11.8 Å². The van der Waals surface area contributed by atoms with Gasteiger partial charge in [0, 0.05) is 11.3 Å². The van der Waals surface area contributed by atoms with Crippen LogP contribution in [0.5, 0.6) is 0 Å². The predicted molar refractivity (Wildman–Crippen MR) is 103 cm³/mol. The Morgan fingerprint density at radius 3 is 2.60 bits per heavy atom. The van der Waals surface area contributed by atoms with Crippen LogP contribution < -0.4 is 0 Å². The number of aryl methyl sites for hydroxylation is 2. The number of hydrogen-bond acceptors (Lipinski definition) is 3. The molecular formula is C21H19N3S. The third-order valence-corrected chi connectivity index (χ3v) is 5.93. The second-order valence-electron chi connectivity index (χ2n) is 6.65. The quantitative estimate of drug-likeness (QED) is 0.668. The molecule has 0 amide bonds. The Labute approximate surface area is 151 Å². The number of benzene rings is 2. The Bertz CT molecular complexity index is 957. The highest BCUT2D eigenvalue weighted by Gasteiger charge is 2.19. The van der Waals surface area contributed by atoms with Gasteiger partial charge in [0.15, 0.2) is 5.16 Å². The van der Waals surface area contributed by atoms with Crippen LogP contribution in [-0.4, -0.2) is 21.1 Å². The van der Waals surface area contributed by atoms with Gasteiger partial charge in [-0.3, -0.25) is 0 Å². The number of nitrogens with zero attached hydrogens (tertiary/aromatic N) is 3. The molecule has 3 aromatic rings. The topological polar surface area (TPSA) is 30.2 Å². The van der Waals surface area contributed by atoms with Gasteiger partial charge in [0.05, 0.1) is 17.6 Å². The Balaban J connectivity index is 1.50. The number of imidazole rings is 1. The monoisotopic (exact) mass is 345 g/mol. The molecular weight excluding hydrogens is 326 g/mol. The Morgan fingerprint density at radius 2 is 1.72 bits per heavy atom. The van der Waals surface area contributed by atoms with E-state index in [2.05, 4.69) is 30.3 Å². The normalized spacial score (nSPS) is 16.1. The molecule has 0 spiro atoms. The van der Waals surface area contributed by atoms with Gasteiger partial charge in [0.25, 0.3) is 0 Å². The molecule has 3 nitrogen and oxygen atoms in total. The number of aromatic nitrogens is 2. The van der Waals surface area contributed by atoms with Crippen LogP contribution in [0.3, 0.4) is 0 Å². The van der Waals surface area contributed by atoms with Gasteiger partial charge < -0.3 is 0 Å². The van der Waals surface area contributed by atoms with Gasteiger partial charge in [-0.05, 0) is 48.4 Å². The minimum Gasteiger partial charge on any atom is -0.221 e. The van der Waals surface area contributed by atoms with Crippen molar-refractivity contribution in [2.24, 2.45) is 5.10 Å². The summed E-state index contributed by atoms with van der Waals surface area (Å²) in [5, 5.41) is 5.83. The molecule has 0 bridgehead atoms. The van der Waals surface area contributed by atoms with Gasteiger partial charge in [-0.15, -0.1) is 0 Å². The molecule has 0 N–H and O–H groups in total. The van der Waals surface area contributed by atoms with Gasteiger partial charge in [0.2, 0.25) is 0 Å². The summed E-state index contributed by atoms with van der Waals surface area (Å²) < 4.78 is 1.94. The Morgan fingerprint density at radius 1 is 0.880 bits per heavy atom. The standard InChI is InChI=1S/C21H19N3S/c1-2-7-16(8-3-1)19-13-24-21(22-19)25-14-20(23-24)18-11-10-15-6-4-5-9-17(15)12-18/h1-3,7-8,10-13H,4-6,9,14H2. The minimum atomic E-state index is 0.879. The van der Waals surface area contributed by atoms with Crippen molar-refractivity contribution in [1.82, 2.24) is 9.66 Å². The second kappa shape index (κ2) is 6.19. The number of thioether (sulfide) groups is 1. The number of rotatable bonds is 2. The summed E-state index contributed by atoms with van der Waals surface area (Å²) in [6, 6.07) is 17.2. The van der Waals surface area contributed by atoms with E-state index in [1.165, 1.54) is 42.4 Å². The minimum absolute atomic E-state index is 0.879. The summed E-state index contributed by atoms with van der Waals surface area (Å²) in [7, 11) is 0. The van der Waals surface area contributed by atoms with Crippen LogP contribution in [0.25, 0.3) is 11.3 Å². The summed E-state index contributed by atoms with van der Waals surface area (Å²) in [5.41, 5.74) is 7.55. The van der Waals surface area contributed by atoms with Crippen LogP contribution in [-0.2, 0) is 12.8 Å². The lowest BCUT2D eigenvalue weighted by molar-refractivity contribution is 0.685. The molecule has 25 heavy (non-hydrogen) atoms. The van der Waals surface area contributed by atoms with Gasteiger partial charge in [-0.25, -0.2) is 9.66 Å². The van der Waals surface area contributed by atoms with E-state index in [1.807, 2.05) is 29.1 Å². The maximum Gasteiger partial charge on any atom is 0.189 e. The third kappa shape index (κ3) is 2.81. The first-order valence-electron chi connectivity index (χ1n) is 8.84. The van der Waals surface area contributed by atoms with Crippen LogP contribution in [0.4, 0.5) is 0 Å². The van der Waals surface area contributed by atoms with E-state index in [0.29, 0.717) is 0 Å². The average Bonchev–Trinajstić information content (AvgIpc) is 3.11. The molecule has 2 aromatic carbocycles. The fourth-order valence-electron chi connectivity index (χ4n) is 3.62. The van der Waals surface area contributed by atoms with Gasteiger partial charge >= 0.3 is 0 Å². The van der Waals surface area contributed by atoms with E-state index in [1.54, 1.807) is 11.8 Å². The van der Waals surface area contributed by atoms with Crippen molar-refractivity contribution in [2.75, 3.05) is 5.75 Å². The van der Waals surface area contributed by atoms with Crippen molar-refractivity contribution in [3.8, 4) is 11.3 Å². The molecule has 0 atom stereocenters. The fourth-order valence-corrected chi connectivity index (χ4v) is 4.50. The molecule has 0 unspecified atom stereocenters. The van der Waals surface area contributed by atoms with E-state index in [4.69, 9.17) is 10.1 Å². The first kappa shape index (κ1) is 15.0. The smallest absolute Gasteiger partial charge is 0.189 e. The molecule has 2 aliphatic rings. The predicted octanol–water partition coefficient (Wildman–Crippen LogP) is 4.79. The summed E-state index contributed by atoms with van der Waals surface area (Å²) in [4.78, 5) is 4.74. The van der Waals surface area contributed by atoms with Crippen molar-refractivity contribution >= 4 is 17.5 Å². The second-order valence-corrected chi connectivity index (χ2v) is 7.59. The van der Waals surface area contributed by atoms with E-state index >= 15 is 0 Å². The van der Waals surface area contributed by atoms with Crippen LogP contribution in [0.1, 0.15) is 29.5 Å². The number of fused-ring (bicyclic) bond motifs is 2. The van der Waals surface area contributed by atoms with Crippen molar-refractivity contribution in [2.45, 2.75) is 30.8 Å². The maximum absolute atomic E-state index is 4.86. The molecule has 1 aromatic heterocycles. The number of hydrogen-bond donors (Lipinski definition) is 0. The molecule has 4 heteroatoms. The highest BCUT2D eigenvalue weighted by atomic mass is 32.2. The van der Waals surface area contributed by atoms with Crippen molar-refractivity contribution in [1.29, 1.82) is 0 Å². The van der Waals surface area contributed by atoms with Gasteiger partial charge in [-0.2, -0.15) is 5.10 Å². The lowest BCUT2D eigenvalue weighted by Gasteiger charge is -2.18. The van der Waals surface area contributed by atoms with Gasteiger partial charge in [0.1, 0.15) is 0 Å². The zero-order chi connectivity index (χ0) is 16.6. The first-order valence-corrected chi connectivity index (χ1v) is 9.83. The maximum atomic E-state index is 4.86. The zero-order valence-electron chi connectivity index (χ0n) is 14.0. The molecule has 124 valence electrons. The van der Waals surface area contributed by atoms with Crippen LogP contribution in [0.15, 0.2) is 65.0 Å². The average molecular weight is 345 g/mol.